The molecule has 0 bridgehead atoms. The molecule has 2 aromatic rings. The van der Waals surface area contributed by atoms with E-state index in [-0.39, 0.29) is 16.9 Å². The molecule has 0 fully saturated rings. The summed E-state index contributed by atoms with van der Waals surface area (Å²) in [5.41, 5.74) is 5.65. The Balaban J connectivity index is 1.86. The molecule has 4 rings (SSSR count). The van der Waals surface area contributed by atoms with Crippen LogP contribution < -0.4 is 4.74 Å². The predicted octanol–water partition coefficient (Wildman–Crippen LogP) is 4.93. The first kappa shape index (κ1) is 17.5. The molecule has 0 N–H and O–H groups in total. The highest BCUT2D eigenvalue weighted by Gasteiger charge is 2.52. The van der Waals surface area contributed by atoms with Gasteiger partial charge in [-0.15, -0.1) is 0 Å². The number of aromatic nitrogens is 2. The molecule has 2 aliphatic rings. The maximum Gasteiger partial charge on any atom is 0.125 e. The maximum atomic E-state index is 6.02. The van der Waals surface area contributed by atoms with E-state index >= 15 is 0 Å². The molecule has 26 heavy (non-hydrogen) atoms. The number of hydrogen-bond acceptors (Lipinski definition) is 3. The van der Waals surface area contributed by atoms with E-state index in [0.29, 0.717) is 5.92 Å². The second kappa shape index (κ2) is 5.80. The fourth-order valence-electron chi connectivity index (χ4n) is 5.58. The van der Waals surface area contributed by atoms with Crippen LogP contribution in [0.4, 0.5) is 0 Å². The van der Waals surface area contributed by atoms with Gasteiger partial charge in [0.25, 0.3) is 0 Å². The molecule has 138 valence electrons. The van der Waals surface area contributed by atoms with Crippen LogP contribution >= 0.6 is 0 Å². The molecule has 3 nitrogen and oxygen atoms in total. The molecule has 1 heterocycles. The molecule has 0 spiro atoms. The van der Waals surface area contributed by atoms with Crippen LogP contribution in [0, 0.1) is 12.8 Å². The Bertz CT molecular complexity index is 855. The summed E-state index contributed by atoms with van der Waals surface area (Å²) in [5, 5.41) is 0. The number of ether oxygens (including phenoxy) is 1. The number of nitrogens with zero attached hydrogens (tertiary/aromatic N) is 2. The SMILES string of the molecule is Cc1ncc2c(n1)C(C)(C)C1CCc3ccc(OC(C)C)cc3[C@@]1(C)C2. The Morgan fingerprint density at radius 1 is 1.15 bits per heavy atom. The standard InChI is InChI=1S/C23H30N2O/c1-14(2)26-18-9-7-16-8-10-20-22(4,5)21-17(13-24-15(3)25-21)12-23(20,6)19(16)11-18/h7,9,11,13-14,20H,8,10,12H2,1-6H3/t20?,23-/m1/s1. The first-order chi connectivity index (χ1) is 12.2. The van der Waals surface area contributed by atoms with Gasteiger partial charge in [-0.3, -0.25) is 0 Å². The van der Waals surface area contributed by atoms with Gasteiger partial charge in [0.2, 0.25) is 0 Å². The normalized spacial score (nSPS) is 26.0. The lowest BCUT2D eigenvalue weighted by atomic mass is 9.50. The Kier molecular flexibility index (Phi) is 3.91. The van der Waals surface area contributed by atoms with E-state index in [1.54, 1.807) is 0 Å². The average Bonchev–Trinajstić information content (AvgIpc) is 2.55. The number of hydrogen-bond donors (Lipinski definition) is 0. The van der Waals surface area contributed by atoms with E-state index in [9.17, 15) is 0 Å². The molecule has 1 aromatic carbocycles. The highest BCUT2D eigenvalue weighted by Crippen LogP contribution is 2.56. The van der Waals surface area contributed by atoms with E-state index in [0.717, 1.165) is 24.4 Å². The van der Waals surface area contributed by atoms with E-state index in [4.69, 9.17) is 9.72 Å². The second-order valence-corrected chi connectivity index (χ2v) is 9.18. The number of fused-ring (bicyclic) bond motifs is 4. The molecule has 0 radical (unpaired) electrons. The summed E-state index contributed by atoms with van der Waals surface area (Å²) in [5.74, 6) is 2.44. The zero-order valence-electron chi connectivity index (χ0n) is 16.9. The first-order valence-electron chi connectivity index (χ1n) is 9.85. The quantitative estimate of drug-likeness (QED) is 0.770. The van der Waals surface area contributed by atoms with E-state index in [2.05, 4.69) is 64.0 Å². The third-order valence-corrected chi connectivity index (χ3v) is 6.56. The van der Waals surface area contributed by atoms with Gasteiger partial charge in [0.15, 0.2) is 0 Å². The monoisotopic (exact) mass is 350 g/mol. The fraction of sp³-hybridized carbons (Fsp3) is 0.565. The molecule has 0 aliphatic heterocycles. The van der Waals surface area contributed by atoms with Gasteiger partial charge < -0.3 is 4.74 Å². The van der Waals surface area contributed by atoms with Gasteiger partial charge in [-0.2, -0.15) is 0 Å². The Labute approximate surface area is 157 Å². The third-order valence-electron chi connectivity index (χ3n) is 6.56. The summed E-state index contributed by atoms with van der Waals surface area (Å²) in [6.07, 6.45) is 5.61. The van der Waals surface area contributed by atoms with Gasteiger partial charge in [0, 0.05) is 17.0 Å². The van der Waals surface area contributed by atoms with E-state index in [1.165, 1.54) is 28.8 Å². The molecule has 0 saturated heterocycles. The molecule has 1 aromatic heterocycles. The summed E-state index contributed by atoms with van der Waals surface area (Å²) in [4.78, 5) is 9.37. The fourth-order valence-corrected chi connectivity index (χ4v) is 5.58. The highest BCUT2D eigenvalue weighted by atomic mass is 16.5. The Hall–Kier alpha value is -1.90. The van der Waals surface area contributed by atoms with Crippen LogP contribution in [-0.4, -0.2) is 16.1 Å². The van der Waals surface area contributed by atoms with Crippen molar-refractivity contribution in [2.24, 2.45) is 5.92 Å². The minimum absolute atomic E-state index is 0.0443. The van der Waals surface area contributed by atoms with Gasteiger partial charge in [0.05, 0.1) is 11.8 Å². The number of benzene rings is 1. The van der Waals surface area contributed by atoms with Crippen molar-refractivity contribution in [1.82, 2.24) is 9.97 Å². The van der Waals surface area contributed by atoms with Crippen molar-refractivity contribution in [2.45, 2.75) is 77.7 Å². The zero-order valence-corrected chi connectivity index (χ0v) is 16.9. The summed E-state index contributed by atoms with van der Waals surface area (Å²) in [6, 6.07) is 6.72. The highest BCUT2D eigenvalue weighted by molar-refractivity contribution is 5.48. The summed E-state index contributed by atoms with van der Waals surface area (Å²) in [6.45, 7) is 13.4. The molecule has 0 saturated carbocycles. The van der Waals surface area contributed by atoms with Gasteiger partial charge in [0.1, 0.15) is 11.6 Å². The topological polar surface area (TPSA) is 35.0 Å². The Morgan fingerprint density at radius 3 is 2.65 bits per heavy atom. The van der Waals surface area contributed by atoms with Crippen LogP contribution in [0.5, 0.6) is 5.75 Å². The van der Waals surface area contributed by atoms with Crippen LogP contribution in [-0.2, 0) is 23.7 Å². The van der Waals surface area contributed by atoms with Crippen molar-refractivity contribution in [1.29, 1.82) is 0 Å². The van der Waals surface area contributed by atoms with Crippen LogP contribution in [0.3, 0.4) is 0 Å². The average molecular weight is 351 g/mol. The molecule has 1 unspecified atom stereocenters. The van der Waals surface area contributed by atoms with Crippen molar-refractivity contribution in [2.75, 3.05) is 0 Å². The van der Waals surface area contributed by atoms with Crippen molar-refractivity contribution >= 4 is 0 Å². The van der Waals surface area contributed by atoms with Crippen LogP contribution in [0.25, 0.3) is 0 Å². The summed E-state index contributed by atoms with van der Waals surface area (Å²) >= 11 is 0. The lowest BCUT2D eigenvalue weighted by molar-refractivity contribution is 0.134. The molecule has 0 amide bonds. The molecule has 3 heteroatoms. The van der Waals surface area contributed by atoms with Gasteiger partial charge in [-0.25, -0.2) is 9.97 Å². The van der Waals surface area contributed by atoms with Crippen LogP contribution in [0.15, 0.2) is 24.4 Å². The van der Waals surface area contributed by atoms with Crippen molar-refractivity contribution in [3.63, 3.8) is 0 Å². The van der Waals surface area contributed by atoms with Gasteiger partial charge >= 0.3 is 0 Å². The minimum atomic E-state index is 0.0443. The minimum Gasteiger partial charge on any atom is -0.491 e. The summed E-state index contributed by atoms with van der Waals surface area (Å²) in [7, 11) is 0. The Morgan fingerprint density at radius 2 is 1.92 bits per heavy atom. The van der Waals surface area contributed by atoms with Crippen molar-refractivity contribution in [3.8, 4) is 5.75 Å². The third kappa shape index (κ3) is 2.55. The van der Waals surface area contributed by atoms with E-state index in [1.807, 2.05) is 6.92 Å². The van der Waals surface area contributed by atoms with Crippen molar-refractivity contribution < 1.29 is 4.74 Å². The molecular weight excluding hydrogens is 320 g/mol. The largest absolute Gasteiger partial charge is 0.491 e. The first-order valence-corrected chi connectivity index (χ1v) is 9.85. The van der Waals surface area contributed by atoms with Gasteiger partial charge in [-0.1, -0.05) is 26.8 Å². The second-order valence-electron chi connectivity index (χ2n) is 9.18. The lowest BCUT2D eigenvalue weighted by Gasteiger charge is -2.54. The predicted molar refractivity (Wildman–Crippen MR) is 105 cm³/mol. The smallest absolute Gasteiger partial charge is 0.125 e. The lowest BCUT2D eigenvalue weighted by Crippen LogP contribution is -2.52. The maximum absolute atomic E-state index is 6.02. The number of rotatable bonds is 2. The number of aryl methyl sites for hydroxylation is 2. The van der Waals surface area contributed by atoms with E-state index < -0.39 is 0 Å². The molecule has 2 aliphatic carbocycles. The van der Waals surface area contributed by atoms with Gasteiger partial charge in [-0.05, 0) is 74.8 Å². The van der Waals surface area contributed by atoms with Crippen molar-refractivity contribution in [3.05, 3.63) is 52.6 Å². The molecule has 2 atom stereocenters. The van der Waals surface area contributed by atoms with Crippen LogP contribution in [0.1, 0.15) is 69.2 Å². The molecular formula is C23H30N2O. The van der Waals surface area contributed by atoms with Crippen LogP contribution in [0.2, 0.25) is 0 Å². The summed E-state index contributed by atoms with van der Waals surface area (Å²) < 4.78 is 6.02. The zero-order chi connectivity index (χ0) is 18.7.